The third kappa shape index (κ3) is 3.75. The van der Waals surface area contributed by atoms with Crippen molar-refractivity contribution in [3.05, 3.63) is 66.2 Å². The van der Waals surface area contributed by atoms with Gasteiger partial charge in [0.15, 0.2) is 0 Å². The fourth-order valence-electron chi connectivity index (χ4n) is 3.95. The van der Waals surface area contributed by atoms with Crippen LogP contribution in [-0.2, 0) is 14.8 Å². The van der Waals surface area contributed by atoms with Crippen LogP contribution in [0.15, 0.2) is 65.6 Å². The van der Waals surface area contributed by atoms with E-state index in [9.17, 15) is 13.2 Å². The summed E-state index contributed by atoms with van der Waals surface area (Å²) >= 11 is 0. The number of urea groups is 1. The lowest BCUT2D eigenvalue weighted by molar-refractivity contribution is 0.0369. The summed E-state index contributed by atoms with van der Waals surface area (Å²) in [6, 6.07) is 17.3. The molecule has 2 unspecified atom stereocenters. The average molecular weight is 416 g/mol. The van der Waals surface area contributed by atoms with Crippen LogP contribution in [-0.4, -0.2) is 67.4 Å². The number of benzene rings is 2. The smallest absolute Gasteiger partial charge is 0.322 e. The number of amides is 2. The Morgan fingerprint density at radius 1 is 0.966 bits per heavy atom. The molecule has 2 saturated heterocycles. The standard InChI is InChI=1S/C21H25N3O4S/c1-17-16-23(29(26,27)19-10-6-3-7-11-19)20(18-8-4-2-5-9-18)24(17)21(25)22-12-14-28-15-13-22/h2-11,17,20H,12-16H2,1H3. The van der Waals surface area contributed by atoms with Gasteiger partial charge >= 0.3 is 6.03 Å². The predicted molar refractivity (Wildman–Crippen MR) is 109 cm³/mol. The first-order chi connectivity index (χ1) is 14.0. The van der Waals surface area contributed by atoms with Crippen LogP contribution >= 0.6 is 0 Å². The first-order valence-corrected chi connectivity index (χ1v) is 11.2. The third-order valence-electron chi connectivity index (χ3n) is 5.41. The zero-order chi connectivity index (χ0) is 20.4. The van der Waals surface area contributed by atoms with Crippen LogP contribution in [0.4, 0.5) is 4.79 Å². The van der Waals surface area contributed by atoms with Gasteiger partial charge < -0.3 is 9.64 Å². The summed E-state index contributed by atoms with van der Waals surface area (Å²) in [5.41, 5.74) is 0.776. The van der Waals surface area contributed by atoms with Crippen molar-refractivity contribution in [3.63, 3.8) is 0 Å². The number of nitrogens with zero attached hydrogens (tertiary/aromatic N) is 3. The van der Waals surface area contributed by atoms with E-state index in [-0.39, 0.29) is 23.5 Å². The molecule has 4 rings (SSSR count). The van der Waals surface area contributed by atoms with Crippen LogP contribution in [0.1, 0.15) is 18.7 Å². The second-order valence-electron chi connectivity index (χ2n) is 7.31. The fourth-order valence-corrected chi connectivity index (χ4v) is 5.62. The molecule has 0 N–H and O–H groups in total. The van der Waals surface area contributed by atoms with Gasteiger partial charge in [-0.2, -0.15) is 4.31 Å². The van der Waals surface area contributed by atoms with Gasteiger partial charge in [-0.25, -0.2) is 13.2 Å². The minimum Gasteiger partial charge on any atom is -0.378 e. The second-order valence-corrected chi connectivity index (χ2v) is 9.20. The number of sulfonamides is 1. The van der Waals surface area contributed by atoms with Crippen LogP contribution in [0.25, 0.3) is 0 Å². The molecule has 2 heterocycles. The molecule has 7 nitrogen and oxygen atoms in total. The SMILES string of the molecule is CC1CN(S(=O)(=O)c2ccccc2)C(c2ccccc2)N1C(=O)N1CCOCC1. The van der Waals surface area contributed by atoms with Gasteiger partial charge in [-0.3, -0.25) is 4.90 Å². The highest BCUT2D eigenvalue weighted by atomic mass is 32.2. The molecule has 0 aromatic heterocycles. The molecule has 2 aromatic carbocycles. The van der Waals surface area contributed by atoms with Gasteiger partial charge in [0.1, 0.15) is 6.17 Å². The average Bonchev–Trinajstić information content (AvgIpc) is 3.13. The maximum Gasteiger partial charge on any atom is 0.322 e. The van der Waals surface area contributed by atoms with Gasteiger partial charge in [-0.15, -0.1) is 0 Å². The molecule has 2 amide bonds. The molecule has 2 aliphatic rings. The van der Waals surface area contributed by atoms with Gasteiger partial charge in [-0.05, 0) is 24.6 Å². The molecule has 0 bridgehead atoms. The summed E-state index contributed by atoms with van der Waals surface area (Å²) in [6.07, 6.45) is -0.688. The van der Waals surface area contributed by atoms with Crippen LogP contribution < -0.4 is 0 Å². The summed E-state index contributed by atoms with van der Waals surface area (Å²) in [7, 11) is -3.77. The van der Waals surface area contributed by atoms with Gasteiger partial charge in [-0.1, -0.05) is 48.5 Å². The van der Waals surface area contributed by atoms with E-state index in [1.54, 1.807) is 40.1 Å². The minimum atomic E-state index is -3.77. The number of hydrogen-bond acceptors (Lipinski definition) is 4. The Morgan fingerprint density at radius 3 is 2.17 bits per heavy atom. The van der Waals surface area contributed by atoms with Crippen molar-refractivity contribution in [2.45, 2.75) is 24.0 Å². The Labute approximate surface area is 171 Å². The Bertz CT molecular complexity index is 946. The molecule has 2 aromatic rings. The quantitative estimate of drug-likeness (QED) is 0.773. The third-order valence-corrected chi connectivity index (χ3v) is 7.24. The molecule has 154 valence electrons. The monoisotopic (exact) mass is 415 g/mol. The summed E-state index contributed by atoms with van der Waals surface area (Å²) in [5, 5.41) is 0. The molecular formula is C21H25N3O4S. The van der Waals surface area contributed by atoms with Crippen LogP contribution in [0.3, 0.4) is 0 Å². The molecule has 0 radical (unpaired) electrons. The number of rotatable bonds is 3. The highest BCUT2D eigenvalue weighted by Gasteiger charge is 2.48. The van der Waals surface area contributed by atoms with E-state index >= 15 is 0 Å². The van der Waals surface area contributed by atoms with Gasteiger partial charge in [0.2, 0.25) is 10.0 Å². The number of morpholine rings is 1. The summed E-state index contributed by atoms with van der Waals surface area (Å²) < 4.78 is 33.7. The maximum absolute atomic E-state index is 13.5. The minimum absolute atomic E-state index is 0.152. The van der Waals surface area contributed by atoms with Crippen molar-refractivity contribution in [3.8, 4) is 0 Å². The zero-order valence-corrected chi connectivity index (χ0v) is 17.2. The highest BCUT2D eigenvalue weighted by Crippen LogP contribution is 2.38. The lowest BCUT2D eigenvalue weighted by Crippen LogP contribution is -2.50. The van der Waals surface area contributed by atoms with Crippen LogP contribution in [0.5, 0.6) is 0 Å². The number of ether oxygens (including phenoxy) is 1. The molecule has 2 aliphatic heterocycles. The van der Waals surface area contributed by atoms with E-state index in [2.05, 4.69) is 0 Å². The molecule has 0 saturated carbocycles. The van der Waals surface area contributed by atoms with Crippen LogP contribution in [0.2, 0.25) is 0 Å². The normalized spacial score (nSPS) is 23.3. The molecule has 2 atom stereocenters. The molecule has 2 fully saturated rings. The van der Waals surface area contributed by atoms with Gasteiger partial charge in [0.25, 0.3) is 0 Å². The Balaban J connectivity index is 1.75. The number of carbonyl (C=O) groups is 1. The van der Waals surface area contributed by atoms with Crippen molar-refractivity contribution in [2.75, 3.05) is 32.8 Å². The maximum atomic E-state index is 13.5. The zero-order valence-electron chi connectivity index (χ0n) is 16.3. The lowest BCUT2D eigenvalue weighted by atomic mass is 10.1. The fraction of sp³-hybridized carbons (Fsp3) is 0.381. The Morgan fingerprint density at radius 2 is 1.55 bits per heavy atom. The molecule has 29 heavy (non-hydrogen) atoms. The molecule has 8 heteroatoms. The molecule has 0 spiro atoms. The number of hydrogen-bond donors (Lipinski definition) is 0. The van der Waals surface area contributed by atoms with Crippen molar-refractivity contribution >= 4 is 16.1 Å². The Kier molecular flexibility index (Phi) is 5.58. The first-order valence-electron chi connectivity index (χ1n) is 9.77. The van der Waals surface area contributed by atoms with E-state index in [0.29, 0.717) is 26.3 Å². The van der Waals surface area contributed by atoms with E-state index in [1.165, 1.54) is 4.31 Å². The lowest BCUT2D eigenvalue weighted by Gasteiger charge is -2.36. The largest absolute Gasteiger partial charge is 0.378 e. The van der Waals surface area contributed by atoms with E-state index in [4.69, 9.17) is 4.74 Å². The van der Waals surface area contributed by atoms with Crippen molar-refractivity contribution in [1.82, 2.24) is 14.1 Å². The second kappa shape index (κ2) is 8.14. The van der Waals surface area contributed by atoms with E-state index < -0.39 is 16.2 Å². The topological polar surface area (TPSA) is 70.2 Å². The van der Waals surface area contributed by atoms with Crippen molar-refractivity contribution in [1.29, 1.82) is 0 Å². The van der Waals surface area contributed by atoms with Crippen LogP contribution in [0, 0.1) is 0 Å². The van der Waals surface area contributed by atoms with Gasteiger partial charge in [0, 0.05) is 25.7 Å². The Hall–Kier alpha value is -2.42. The van der Waals surface area contributed by atoms with E-state index in [1.807, 2.05) is 37.3 Å². The van der Waals surface area contributed by atoms with E-state index in [0.717, 1.165) is 5.56 Å². The van der Waals surface area contributed by atoms with Crippen molar-refractivity contribution < 1.29 is 17.9 Å². The van der Waals surface area contributed by atoms with Crippen molar-refractivity contribution in [2.24, 2.45) is 0 Å². The molecule has 0 aliphatic carbocycles. The molecular weight excluding hydrogens is 390 g/mol. The highest BCUT2D eigenvalue weighted by molar-refractivity contribution is 7.89. The van der Waals surface area contributed by atoms with Gasteiger partial charge in [0.05, 0.1) is 18.1 Å². The first kappa shape index (κ1) is 19.9. The summed E-state index contributed by atoms with van der Waals surface area (Å²) in [4.78, 5) is 17.0. The summed E-state index contributed by atoms with van der Waals surface area (Å²) in [5.74, 6) is 0. The predicted octanol–water partition coefficient (Wildman–Crippen LogP) is 2.53. The number of carbonyl (C=O) groups excluding carboxylic acids is 1. The summed E-state index contributed by atoms with van der Waals surface area (Å²) in [6.45, 7) is 4.15.